The summed E-state index contributed by atoms with van der Waals surface area (Å²) >= 11 is 0. The molecule has 0 bridgehead atoms. The Balaban J connectivity index is 0.00000181. The van der Waals surface area contributed by atoms with Gasteiger partial charge in [-0.05, 0) is 43.0 Å². The van der Waals surface area contributed by atoms with Crippen LogP contribution < -0.4 is 5.32 Å². The van der Waals surface area contributed by atoms with Gasteiger partial charge in [-0.15, -0.1) is 0 Å². The number of benzene rings is 1. The SMILES string of the molecule is C.CC(C)C[C@H](NC(=O)c1ccc(-n2ccnc2)cc1)C(=O)N1CC[C@H]2OCC(=O)[C@H]21.S.S. The molecule has 2 aliphatic rings. The van der Waals surface area contributed by atoms with Crippen LogP contribution in [-0.2, 0) is 14.3 Å². The van der Waals surface area contributed by atoms with Crippen LogP contribution >= 0.6 is 27.0 Å². The fourth-order valence-corrected chi connectivity index (χ4v) is 4.17. The van der Waals surface area contributed by atoms with Gasteiger partial charge in [0.1, 0.15) is 18.7 Å². The van der Waals surface area contributed by atoms with Crippen molar-refractivity contribution in [2.24, 2.45) is 5.92 Å². The van der Waals surface area contributed by atoms with E-state index in [1.54, 1.807) is 29.6 Å². The van der Waals surface area contributed by atoms with E-state index >= 15 is 0 Å². The van der Waals surface area contributed by atoms with Crippen LogP contribution in [0.1, 0.15) is 44.5 Å². The summed E-state index contributed by atoms with van der Waals surface area (Å²) in [6.45, 7) is 4.54. The Morgan fingerprint density at radius 1 is 1.21 bits per heavy atom. The number of hydrogen-bond donors (Lipinski definition) is 1. The van der Waals surface area contributed by atoms with Crippen LogP contribution in [0.25, 0.3) is 5.69 Å². The van der Waals surface area contributed by atoms with E-state index in [1.165, 1.54) is 0 Å². The number of ether oxygens (including phenoxy) is 1. The molecule has 4 rings (SSSR count). The van der Waals surface area contributed by atoms with Crippen molar-refractivity contribution in [3.05, 3.63) is 48.5 Å². The molecular weight excluding hydrogens is 460 g/mol. The summed E-state index contributed by atoms with van der Waals surface area (Å²) < 4.78 is 7.33. The second-order valence-corrected chi connectivity index (χ2v) is 8.25. The minimum Gasteiger partial charge on any atom is -0.368 e. The van der Waals surface area contributed by atoms with E-state index < -0.39 is 12.1 Å². The number of aromatic nitrogens is 2. The Labute approximate surface area is 209 Å². The molecule has 2 amide bonds. The first kappa shape index (κ1) is 28.7. The number of fused-ring (bicyclic) bond motifs is 1. The molecule has 2 aliphatic heterocycles. The summed E-state index contributed by atoms with van der Waals surface area (Å²) in [5.74, 6) is -0.373. The fourth-order valence-electron chi connectivity index (χ4n) is 4.17. The highest BCUT2D eigenvalue weighted by Crippen LogP contribution is 2.28. The topological polar surface area (TPSA) is 93.5 Å². The van der Waals surface area contributed by atoms with Crippen LogP contribution in [-0.4, -0.2) is 63.4 Å². The normalized spacial score (nSPS) is 19.7. The molecule has 8 nitrogen and oxygen atoms in total. The monoisotopic (exact) mass is 494 g/mol. The number of imidazole rings is 1. The van der Waals surface area contributed by atoms with Crippen LogP contribution in [0.15, 0.2) is 43.0 Å². The van der Waals surface area contributed by atoms with Crippen molar-refractivity contribution in [3.63, 3.8) is 0 Å². The van der Waals surface area contributed by atoms with Gasteiger partial charge in [-0.1, -0.05) is 21.3 Å². The Morgan fingerprint density at radius 3 is 2.52 bits per heavy atom. The third-order valence-corrected chi connectivity index (χ3v) is 5.64. The first-order valence-corrected chi connectivity index (χ1v) is 10.3. The Bertz CT molecular complexity index is 934. The molecule has 0 radical (unpaired) electrons. The van der Waals surface area contributed by atoms with Crippen molar-refractivity contribution in [2.75, 3.05) is 13.2 Å². The van der Waals surface area contributed by atoms with Gasteiger partial charge >= 0.3 is 0 Å². The van der Waals surface area contributed by atoms with Gasteiger partial charge in [-0.2, -0.15) is 27.0 Å². The van der Waals surface area contributed by atoms with Gasteiger partial charge < -0.3 is 19.5 Å². The third-order valence-electron chi connectivity index (χ3n) is 5.64. The van der Waals surface area contributed by atoms with Crippen molar-refractivity contribution in [3.8, 4) is 5.69 Å². The second-order valence-electron chi connectivity index (χ2n) is 8.25. The van der Waals surface area contributed by atoms with Crippen molar-refractivity contribution in [2.45, 2.75) is 52.3 Å². The number of amides is 2. The van der Waals surface area contributed by atoms with Crippen LogP contribution in [0.2, 0.25) is 0 Å². The molecule has 182 valence electrons. The van der Waals surface area contributed by atoms with Gasteiger partial charge in [0, 0.05) is 30.2 Å². The maximum absolute atomic E-state index is 13.2. The highest BCUT2D eigenvalue weighted by atomic mass is 32.1. The van der Waals surface area contributed by atoms with Crippen molar-refractivity contribution in [1.82, 2.24) is 19.8 Å². The predicted octanol–water partition coefficient (Wildman–Crippen LogP) is 2.45. The van der Waals surface area contributed by atoms with Crippen molar-refractivity contribution < 1.29 is 19.1 Å². The molecule has 2 saturated heterocycles. The van der Waals surface area contributed by atoms with E-state index in [0.717, 1.165) is 5.69 Å². The highest BCUT2D eigenvalue weighted by Gasteiger charge is 2.48. The van der Waals surface area contributed by atoms with Crippen LogP contribution in [0.4, 0.5) is 0 Å². The molecule has 0 unspecified atom stereocenters. The lowest BCUT2D eigenvalue weighted by molar-refractivity contribution is -0.138. The highest BCUT2D eigenvalue weighted by molar-refractivity contribution is 7.59. The minimum atomic E-state index is -0.682. The Kier molecular flexibility index (Phi) is 10.7. The molecule has 1 aromatic heterocycles. The first-order chi connectivity index (χ1) is 14.4. The first-order valence-electron chi connectivity index (χ1n) is 10.3. The lowest BCUT2D eigenvalue weighted by Crippen LogP contribution is -2.52. The number of rotatable bonds is 6. The lowest BCUT2D eigenvalue weighted by atomic mass is 10.0. The molecule has 10 heteroatoms. The van der Waals surface area contributed by atoms with E-state index in [9.17, 15) is 14.4 Å². The summed E-state index contributed by atoms with van der Waals surface area (Å²) in [6.07, 6.45) is 6.13. The molecule has 3 atom stereocenters. The maximum Gasteiger partial charge on any atom is 0.251 e. The number of nitrogens with zero attached hydrogens (tertiary/aromatic N) is 3. The molecule has 3 heterocycles. The standard InChI is InChI=1S/C22H26N4O4.CH4.2H2S/c1-14(2)11-17(22(29)26-9-7-19-20(26)18(27)12-30-19)24-21(28)15-3-5-16(6-4-15)25-10-8-23-13-25;;;/h3-6,8,10,13-14,17,19-20H,7,9,11-12H2,1-2H3,(H,24,28);1H4;2*1H2/t17-,19+,20+;;;/m0.../s1. The fraction of sp³-hybridized carbons (Fsp3) is 0.478. The van der Waals surface area contributed by atoms with E-state index in [4.69, 9.17) is 4.74 Å². The van der Waals surface area contributed by atoms with E-state index in [0.29, 0.717) is 24.9 Å². The lowest BCUT2D eigenvalue weighted by Gasteiger charge is -2.28. The van der Waals surface area contributed by atoms with Crippen LogP contribution in [0, 0.1) is 5.92 Å². The predicted molar refractivity (Wildman–Crippen MR) is 137 cm³/mol. The molecular formula is C23H34N4O4S2. The number of ketones is 1. The molecule has 2 aromatic rings. The molecule has 0 aliphatic carbocycles. The number of likely N-dealkylation sites (tertiary alicyclic amines) is 1. The van der Waals surface area contributed by atoms with Gasteiger partial charge in [0.2, 0.25) is 5.91 Å². The number of carbonyl (C=O) groups is 3. The molecule has 0 saturated carbocycles. The second kappa shape index (κ2) is 12.2. The molecule has 33 heavy (non-hydrogen) atoms. The van der Waals surface area contributed by atoms with Crippen molar-refractivity contribution >= 4 is 44.6 Å². The summed E-state index contributed by atoms with van der Waals surface area (Å²) in [6, 6.07) is 5.91. The quantitative estimate of drug-likeness (QED) is 0.666. The third kappa shape index (κ3) is 6.18. The van der Waals surface area contributed by atoms with Gasteiger partial charge in [0.05, 0.1) is 12.4 Å². The Morgan fingerprint density at radius 2 is 1.91 bits per heavy atom. The molecule has 0 spiro atoms. The summed E-state index contributed by atoms with van der Waals surface area (Å²) in [5.41, 5.74) is 1.36. The average Bonchev–Trinajstić information content (AvgIpc) is 3.46. The van der Waals surface area contributed by atoms with Gasteiger partial charge in [-0.25, -0.2) is 4.98 Å². The van der Waals surface area contributed by atoms with E-state index in [2.05, 4.69) is 10.3 Å². The number of hydrogen-bond acceptors (Lipinski definition) is 5. The number of nitrogens with one attached hydrogen (secondary N) is 1. The van der Waals surface area contributed by atoms with E-state index in [1.807, 2.05) is 36.7 Å². The zero-order valence-corrected chi connectivity index (χ0v) is 20.2. The minimum absolute atomic E-state index is 0. The molecule has 2 fully saturated rings. The summed E-state index contributed by atoms with van der Waals surface area (Å²) in [7, 11) is 0. The van der Waals surface area contributed by atoms with Crippen LogP contribution in [0.5, 0.6) is 0 Å². The largest absolute Gasteiger partial charge is 0.368 e. The maximum atomic E-state index is 13.2. The zero-order valence-electron chi connectivity index (χ0n) is 18.2. The van der Waals surface area contributed by atoms with Crippen molar-refractivity contribution in [1.29, 1.82) is 0 Å². The van der Waals surface area contributed by atoms with Gasteiger partial charge in [-0.3, -0.25) is 14.4 Å². The summed E-state index contributed by atoms with van der Waals surface area (Å²) in [4.78, 5) is 43.9. The smallest absolute Gasteiger partial charge is 0.251 e. The van der Waals surface area contributed by atoms with Crippen LogP contribution in [0.3, 0.4) is 0 Å². The molecule has 1 N–H and O–H groups in total. The van der Waals surface area contributed by atoms with E-state index in [-0.39, 0.29) is 70.6 Å². The molecule has 1 aromatic carbocycles. The Hall–Kier alpha value is -2.30. The average molecular weight is 495 g/mol. The number of carbonyl (C=O) groups excluding carboxylic acids is 3. The van der Waals surface area contributed by atoms with Gasteiger partial charge in [0.15, 0.2) is 5.78 Å². The summed E-state index contributed by atoms with van der Waals surface area (Å²) in [5, 5.41) is 2.89. The van der Waals surface area contributed by atoms with Gasteiger partial charge in [0.25, 0.3) is 5.91 Å². The number of Topliss-reactive ketones (excluding diaryl/α,β-unsaturated/α-hetero) is 1. The zero-order chi connectivity index (χ0) is 21.3.